The summed E-state index contributed by atoms with van der Waals surface area (Å²) in [6.45, 7) is 2.38. The number of ether oxygens (including phenoxy) is 2. The highest BCUT2D eigenvalue weighted by Crippen LogP contribution is 2.28. The molecule has 5 nitrogen and oxygen atoms in total. The lowest BCUT2D eigenvalue weighted by molar-refractivity contribution is -0.137. The molecule has 0 heterocycles. The summed E-state index contributed by atoms with van der Waals surface area (Å²) in [5.41, 5.74) is 1.93. The van der Waals surface area contributed by atoms with Gasteiger partial charge in [0.25, 0.3) is 5.91 Å². The van der Waals surface area contributed by atoms with Gasteiger partial charge in [0.15, 0.2) is 0 Å². The molecule has 0 N–H and O–H groups in total. The first-order chi connectivity index (χ1) is 9.03. The maximum absolute atomic E-state index is 11.2. The molecule has 0 aliphatic heterocycles. The van der Waals surface area contributed by atoms with E-state index < -0.39 is 5.91 Å². The van der Waals surface area contributed by atoms with Crippen molar-refractivity contribution < 1.29 is 19.1 Å². The molecule has 0 saturated heterocycles. The molecule has 1 aromatic rings. The minimum Gasteiger partial charge on any atom is -0.496 e. The third kappa shape index (κ3) is 3.71. The van der Waals surface area contributed by atoms with Gasteiger partial charge in [0.05, 0.1) is 14.2 Å². The van der Waals surface area contributed by atoms with E-state index in [9.17, 15) is 9.59 Å². The number of carbonyl (C=O) groups excluding carboxylic acids is 2. The average molecular weight is 265 g/mol. The summed E-state index contributed by atoms with van der Waals surface area (Å²) in [5, 5.41) is 0. The molecular formula is C14H19NO4. The van der Waals surface area contributed by atoms with Gasteiger partial charge in [-0.2, -0.15) is 0 Å². The summed E-state index contributed by atoms with van der Waals surface area (Å²) in [6, 6.07) is 3.79. The Labute approximate surface area is 113 Å². The summed E-state index contributed by atoms with van der Waals surface area (Å²) in [6.07, 6.45) is 0.906. The lowest BCUT2D eigenvalue weighted by atomic mass is 10.1. The number of hydrogen-bond acceptors (Lipinski definition) is 4. The maximum atomic E-state index is 11.2. The number of aldehydes is 1. The van der Waals surface area contributed by atoms with Crippen LogP contribution in [0.1, 0.15) is 11.1 Å². The van der Waals surface area contributed by atoms with Gasteiger partial charge in [-0.25, -0.2) is 0 Å². The van der Waals surface area contributed by atoms with Crippen LogP contribution < -0.4 is 9.47 Å². The van der Waals surface area contributed by atoms with E-state index in [1.807, 2.05) is 19.1 Å². The van der Waals surface area contributed by atoms with Gasteiger partial charge in [-0.3, -0.25) is 9.59 Å². The van der Waals surface area contributed by atoms with E-state index in [0.29, 0.717) is 19.3 Å². The van der Waals surface area contributed by atoms with Crippen LogP contribution in [0.3, 0.4) is 0 Å². The lowest BCUT2D eigenvalue weighted by Crippen LogP contribution is -2.29. The van der Waals surface area contributed by atoms with Crippen molar-refractivity contribution in [2.45, 2.75) is 13.3 Å². The van der Waals surface area contributed by atoms with Crippen LogP contribution in [0, 0.1) is 6.92 Å². The highest BCUT2D eigenvalue weighted by molar-refractivity contribution is 6.23. The van der Waals surface area contributed by atoms with Crippen molar-refractivity contribution in [1.29, 1.82) is 0 Å². The van der Waals surface area contributed by atoms with Crippen molar-refractivity contribution in [1.82, 2.24) is 4.90 Å². The topological polar surface area (TPSA) is 55.8 Å². The zero-order valence-electron chi connectivity index (χ0n) is 11.7. The number of rotatable bonds is 6. The fourth-order valence-corrected chi connectivity index (χ4v) is 1.80. The molecule has 104 valence electrons. The summed E-state index contributed by atoms with van der Waals surface area (Å²) in [4.78, 5) is 22.9. The van der Waals surface area contributed by atoms with Gasteiger partial charge < -0.3 is 14.4 Å². The van der Waals surface area contributed by atoms with Crippen LogP contribution in [-0.2, 0) is 16.0 Å². The summed E-state index contributed by atoms with van der Waals surface area (Å²) in [7, 11) is 4.81. The number of hydrogen-bond donors (Lipinski definition) is 0. The van der Waals surface area contributed by atoms with E-state index in [2.05, 4.69) is 0 Å². The Hall–Kier alpha value is -2.04. The molecule has 0 aliphatic rings. The number of nitrogens with zero attached hydrogens (tertiary/aromatic N) is 1. The standard InChI is InChI=1S/C14H19NO4/c1-10-7-13(19-4)11(8-12(10)18-3)5-6-15(2)14(17)9-16/h7-9H,5-6H2,1-4H3. The molecule has 1 amide bonds. The Morgan fingerprint density at radius 1 is 1.26 bits per heavy atom. The fourth-order valence-electron chi connectivity index (χ4n) is 1.80. The van der Waals surface area contributed by atoms with Crippen molar-refractivity contribution in [2.75, 3.05) is 27.8 Å². The predicted octanol–water partition coefficient (Wildman–Crippen LogP) is 1.21. The molecule has 1 rings (SSSR count). The Morgan fingerprint density at radius 3 is 2.42 bits per heavy atom. The Balaban J connectivity index is 2.87. The zero-order chi connectivity index (χ0) is 14.4. The number of aryl methyl sites for hydroxylation is 1. The zero-order valence-corrected chi connectivity index (χ0v) is 11.7. The quantitative estimate of drug-likeness (QED) is 0.573. The van der Waals surface area contributed by atoms with E-state index in [1.54, 1.807) is 21.3 Å². The average Bonchev–Trinajstić information content (AvgIpc) is 2.44. The van der Waals surface area contributed by atoms with Crippen LogP contribution in [0.5, 0.6) is 11.5 Å². The molecule has 0 saturated carbocycles. The summed E-state index contributed by atoms with van der Waals surface area (Å²) in [5.74, 6) is 1.00. The number of benzene rings is 1. The van der Waals surface area contributed by atoms with E-state index in [-0.39, 0.29) is 0 Å². The maximum Gasteiger partial charge on any atom is 0.286 e. The Bertz CT molecular complexity index is 471. The third-order valence-corrected chi connectivity index (χ3v) is 2.99. The Morgan fingerprint density at radius 2 is 1.89 bits per heavy atom. The SMILES string of the molecule is COc1cc(CCN(C)C(=O)C=O)c(OC)cc1C. The number of methoxy groups -OCH3 is 2. The van der Waals surface area contributed by atoms with Gasteiger partial charge in [0.1, 0.15) is 11.5 Å². The van der Waals surface area contributed by atoms with Crippen molar-refractivity contribution in [3.05, 3.63) is 23.3 Å². The second kappa shape index (κ2) is 6.78. The molecule has 0 radical (unpaired) electrons. The van der Waals surface area contributed by atoms with Crippen molar-refractivity contribution in [2.24, 2.45) is 0 Å². The molecule has 0 fully saturated rings. The minimum absolute atomic E-state index is 0.312. The molecule has 0 spiro atoms. The molecule has 5 heteroatoms. The van der Waals surface area contributed by atoms with Gasteiger partial charge in [-0.15, -0.1) is 0 Å². The van der Waals surface area contributed by atoms with Gasteiger partial charge in [-0.1, -0.05) is 0 Å². The number of carbonyl (C=O) groups is 2. The summed E-state index contributed by atoms with van der Waals surface area (Å²) >= 11 is 0. The number of amides is 1. The van der Waals surface area contributed by atoms with Crippen LogP contribution in [0.4, 0.5) is 0 Å². The van der Waals surface area contributed by atoms with E-state index >= 15 is 0 Å². The largest absolute Gasteiger partial charge is 0.496 e. The van der Waals surface area contributed by atoms with E-state index in [4.69, 9.17) is 9.47 Å². The molecular weight excluding hydrogens is 246 g/mol. The van der Waals surface area contributed by atoms with Crippen molar-refractivity contribution in [3.8, 4) is 11.5 Å². The molecule has 0 unspecified atom stereocenters. The van der Waals surface area contributed by atoms with Crippen molar-refractivity contribution >= 4 is 12.2 Å². The second-order valence-electron chi connectivity index (χ2n) is 4.26. The molecule has 19 heavy (non-hydrogen) atoms. The first-order valence-electron chi connectivity index (χ1n) is 5.95. The second-order valence-corrected chi connectivity index (χ2v) is 4.26. The highest BCUT2D eigenvalue weighted by atomic mass is 16.5. The first kappa shape index (κ1) is 15.0. The van der Waals surface area contributed by atoms with Gasteiger partial charge in [0.2, 0.25) is 6.29 Å². The smallest absolute Gasteiger partial charge is 0.286 e. The molecule has 0 aromatic heterocycles. The molecule has 0 atom stereocenters. The lowest BCUT2D eigenvalue weighted by Gasteiger charge is -2.16. The Kier molecular flexibility index (Phi) is 5.36. The monoisotopic (exact) mass is 265 g/mol. The fraction of sp³-hybridized carbons (Fsp3) is 0.429. The summed E-state index contributed by atoms with van der Waals surface area (Å²) < 4.78 is 10.6. The van der Waals surface area contributed by atoms with Crippen molar-refractivity contribution in [3.63, 3.8) is 0 Å². The van der Waals surface area contributed by atoms with Gasteiger partial charge in [-0.05, 0) is 36.6 Å². The molecule has 1 aromatic carbocycles. The highest BCUT2D eigenvalue weighted by Gasteiger charge is 2.11. The first-order valence-corrected chi connectivity index (χ1v) is 5.95. The van der Waals surface area contributed by atoms with E-state index in [0.717, 1.165) is 22.6 Å². The van der Waals surface area contributed by atoms with Crippen LogP contribution in [0.15, 0.2) is 12.1 Å². The van der Waals surface area contributed by atoms with Crippen LogP contribution in [0.25, 0.3) is 0 Å². The molecule has 0 bridgehead atoms. The normalized spacial score (nSPS) is 9.89. The molecule has 0 aliphatic carbocycles. The predicted molar refractivity (Wildman–Crippen MR) is 71.7 cm³/mol. The number of likely N-dealkylation sites (N-methyl/N-ethyl adjacent to an activating group) is 1. The minimum atomic E-state index is -0.530. The van der Waals surface area contributed by atoms with E-state index in [1.165, 1.54) is 4.90 Å². The third-order valence-electron chi connectivity index (χ3n) is 2.99. The van der Waals surface area contributed by atoms with Gasteiger partial charge >= 0.3 is 0 Å². The van der Waals surface area contributed by atoms with Crippen LogP contribution in [-0.4, -0.2) is 44.9 Å². The van der Waals surface area contributed by atoms with Gasteiger partial charge in [0, 0.05) is 13.6 Å². The van der Waals surface area contributed by atoms with Crippen LogP contribution >= 0.6 is 0 Å². The van der Waals surface area contributed by atoms with Crippen LogP contribution in [0.2, 0.25) is 0 Å².